The second-order valence-corrected chi connectivity index (χ2v) is 5.42. The minimum atomic E-state index is 0.472. The van der Waals surface area contributed by atoms with E-state index in [-0.39, 0.29) is 0 Å². The molecule has 2 rings (SSSR count). The van der Waals surface area contributed by atoms with Gasteiger partial charge in [-0.2, -0.15) is 0 Å². The van der Waals surface area contributed by atoms with Gasteiger partial charge in [0.1, 0.15) is 0 Å². The molecule has 1 aliphatic heterocycles. The van der Waals surface area contributed by atoms with Crippen LogP contribution >= 0.6 is 0 Å². The number of hydrogen-bond donors (Lipinski definition) is 1. The number of hydrogen-bond acceptors (Lipinski definition) is 2. The van der Waals surface area contributed by atoms with Crippen LogP contribution in [0.15, 0.2) is 24.3 Å². The number of ether oxygens (including phenoxy) is 1. The van der Waals surface area contributed by atoms with Gasteiger partial charge in [0.25, 0.3) is 0 Å². The highest BCUT2D eigenvalue weighted by atomic mass is 16.5. The molecule has 2 atom stereocenters. The van der Waals surface area contributed by atoms with Gasteiger partial charge >= 0.3 is 0 Å². The molecule has 0 saturated carbocycles. The van der Waals surface area contributed by atoms with Crippen molar-refractivity contribution in [2.75, 3.05) is 13.2 Å². The summed E-state index contributed by atoms with van der Waals surface area (Å²) in [4.78, 5) is 0. The van der Waals surface area contributed by atoms with Crippen LogP contribution in [0.1, 0.15) is 56.7 Å². The van der Waals surface area contributed by atoms with Crippen molar-refractivity contribution in [2.45, 2.75) is 58.1 Å². The summed E-state index contributed by atoms with van der Waals surface area (Å²) in [5.74, 6) is 0. The van der Waals surface area contributed by atoms with E-state index in [2.05, 4.69) is 43.4 Å². The Labute approximate surface area is 117 Å². The lowest BCUT2D eigenvalue weighted by Gasteiger charge is -2.20. The second kappa shape index (κ2) is 7.66. The van der Waals surface area contributed by atoms with Crippen LogP contribution in [0.2, 0.25) is 0 Å². The first-order valence-electron chi connectivity index (χ1n) is 7.77. The van der Waals surface area contributed by atoms with E-state index < -0.39 is 0 Å². The maximum Gasteiger partial charge on any atom is 0.0576 e. The Balaban J connectivity index is 1.92. The van der Waals surface area contributed by atoms with Crippen molar-refractivity contribution in [1.82, 2.24) is 5.32 Å². The molecule has 2 nitrogen and oxygen atoms in total. The number of aryl methyl sites for hydroxylation is 1. The molecule has 106 valence electrons. The van der Waals surface area contributed by atoms with Gasteiger partial charge in [0.15, 0.2) is 0 Å². The zero-order valence-electron chi connectivity index (χ0n) is 12.3. The molecule has 0 aliphatic carbocycles. The van der Waals surface area contributed by atoms with E-state index in [1.807, 2.05) is 0 Å². The summed E-state index contributed by atoms with van der Waals surface area (Å²) in [6.07, 6.45) is 6.44. The van der Waals surface area contributed by atoms with Crippen molar-refractivity contribution >= 4 is 0 Å². The van der Waals surface area contributed by atoms with Crippen LogP contribution in [-0.4, -0.2) is 19.3 Å². The van der Waals surface area contributed by atoms with Gasteiger partial charge in [-0.25, -0.2) is 0 Å². The van der Waals surface area contributed by atoms with Gasteiger partial charge in [0.05, 0.1) is 6.10 Å². The Morgan fingerprint density at radius 3 is 2.63 bits per heavy atom. The maximum absolute atomic E-state index is 5.73. The van der Waals surface area contributed by atoms with Crippen LogP contribution in [0, 0.1) is 0 Å². The summed E-state index contributed by atoms with van der Waals surface area (Å²) in [6, 6.07) is 9.54. The fourth-order valence-corrected chi connectivity index (χ4v) is 2.84. The Morgan fingerprint density at radius 1 is 1.26 bits per heavy atom. The van der Waals surface area contributed by atoms with E-state index in [0.717, 1.165) is 19.6 Å². The Morgan fingerprint density at radius 2 is 2.05 bits per heavy atom. The van der Waals surface area contributed by atoms with Gasteiger partial charge in [0, 0.05) is 12.6 Å². The molecule has 0 aromatic heterocycles. The number of nitrogens with one attached hydrogen (secondary N) is 1. The fraction of sp³-hybridized carbons (Fsp3) is 0.647. The maximum atomic E-state index is 5.73. The number of benzene rings is 1. The van der Waals surface area contributed by atoms with E-state index >= 15 is 0 Å². The molecule has 1 aliphatic rings. The molecule has 0 spiro atoms. The molecule has 19 heavy (non-hydrogen) atoms. The third-order valence-electron chi connectivity index (χ3n) is 4.04. The molecular formula is C17H27NO. The topological polar surface area (TPSA) is 21.3 Å². The monoisotopic (exact) mass is 261 g/mol. The van der Waals surface area contributed by atoms with Gasteiger partial charge in [-0.3, -0.25) is 0 Å². The molecule has 2 heteroatoms. The first-order chi connectivity index (χ1) is 9.33. The molecule has 0 bridgehead atoms. The van der Waals surface area contributed by atoms with Crippen molar-refractivity contribution in [2.24, 2.45) is 0 Å². The van der Waals surface area contributed by atoms with Crippen molar-refractivity contribution < 1.29 is 4.74 Å². The molecule has 1 N–H and O–H groups in total. The van der Waals surface area contributed by atoms with Gasteiger partial charge < -0.3 is 10.1 Å². The first kappa shape index (κ1) is 14.5. The van der Waals surface area contributed by atoms with Crippen LogP contribution in [0.3, 0.4) is 0 Å². The highest BCUT2D eigenvalue weighted by Gasteiger charge is 2.18. The Kier molecular flexibility index (Phi) is 5.87. The average Bonchev–Trinajstić information content (AvgIpc) is 2.97. The highest BCUT2D eigenvalue weighted by Crippen LogP contribution is 2.24. The lowest BCUT2D eigenvalue weighted by atomic mass is 9.98. The zero-order chi connectivity index (χ0) is 13.5. The number of rotatable bonds is 7. The molecule has 1 fully saturated rings. The van der Waals surface area contributed by atoms with Gasteiger partial charge in [-0.1, -0.05) is 38.1 Å². The lowest BCUT2D eigenvalue weighted by Crippen LogP contribution is -2.22. The van der Waals surface area contributed by atoms with Crippen LogP contribution < -0.4 is 5.32 Å². The van der Waals surface area contributed by atoms with Crippen LogP contribution in [0.4, 0.5) is 0 Å². The van der Waals surface area contributed by atoms with E-state index in [4.69, 9.17) is 4.74 Å². The molecule has 2 unspecified atom stereocenters. The molecule has 0 radical (unpaired) electrons. The predicted octanol–water partition coefficient (Wildman–Crippen LogP) is 3.86. The third kappa shape index (κ3) is 4.32. The SMILES string of the molecule is CCNC(CCC1CCCO1)c1ccc(CC)cc1. The quantitative estimate of drug-likeness (QED) is 0.804. The average molecular weight is 261 g/mol. The smallest absolute Gasteiger partial charge is 0.0576 e. The molecule has 0 amide bonds. The molecular weight excluding hydrogens is 234 g/mol. The molecule has 1 aromatic carbocycles. The largest absolute Gasteiger partial charge is 0.378 e. The van der Waals surface area contributed by atoms with Crippen LogP contribution in [0.25, 0.3) is 0 Å². The van der Waals surface area contributed by atoms with Gasteiger partial charge in [0.2, 0.25) is 0 Å². The summed E-state index contributed by atoms with van der Waals surface area (Å²) in [5.41, 5.74) is 2.83. The van der Waals surface area contributed by atoms with Gasteiger partial charge in [-0.15, -0.1) is 0 Å². The minimum absolute atomic E-state index is 0.472. The second-order valence-electron chi connectivity index (χ2n) is 5.42. The highest BCUT2D eigenvalue weighted by molar-refractivity contribution is 5.25. The third-order valence-corrected chi connectivity index (χ3v) is 4.04. The van der Waals surface area contributed by atoms with E-state index in [9.17, 15) is 0 Å². The Hall–Kier alpha value is -0.860. The molecule has 1 heterocycles. The van der Waals surface area contributed by atoms with Crippen molar-refractivity contribution in [1.29, 1.82) is 0 Å². The van der Waals surface area contributed by atoms with Crippen molar-refractivity contribution in [3.8, 4) is 0 Å². The standard InChI is InChI=1S/C17H27NO/c1-3-14-7-9-15(10-8-14)17(18-4-2)12-11-16-6-5-13-19-16/h7-10,16-18H,3-6,11-13H2,1-2H3. The normalized spacial score (nSPS) is 20.6. The molecule has 1 aromatic rings. The van der Waals surface area contributed by atoms with Gasteiger partial charge in [-0.05, 0) is 49.8 Å². The zero-order valence-corrected chi connectivity index (χ0v) is 12.3. The summed E-state index contributed by atoms with van der Waals surface area (Å²) < 4.78 is 5.73. The summed E-state index contributed by atoms with van der Waals surface area (Å²) >= 11 is 0. The van der Waals surface area contributed by atoms with E-state index in [1.165, 1.54) is 36.8 Å². The summed E-state index contributed by atoms with van der Waals surface area (Å²) in [7, 11) is 0. The summed E-state index contributed by atoms with van der Waals surface area (Å²) in [5, 5.41) is 3.60. The lowest BCUT2D eigenvalue weighted by molar-refractivity contribution is 0.0996. The predicted molar refractivity (Wildman–Crippen MR) is 80.4 cm³/mol. The fourth-order valence-electron chi connectivity index (χ4n) is 2.84. The van der Waals surface area contributed by atoms with Crippen molar-refractivity contribution in [3.63, 3.8) is 0 Å². The van der Waals surface area contributed by atoms with Crippen LogP contribution in [0.5, 0.6) is 0 Å². The minimum Gasteiger partial charge on any atom is -0.378 e. The summed E-state index contributed by atoms with van der Waals surface area (Å²) in [6.45, 7) is 6.36. The Bertz CT molecular complexity index is 354. The van der Waals surface area contributed by atoms with Crippen LogP contribution in [-0.2, 0) is 11.2 Å². The molecule has 1 saturated heterocycles. The van der Waals surface area contributed by atoms with E-state index in [0.29, 0.717) is 12.1 Å². The first-order valence-corrected chi connectivity index (χ1v) is 7.77. The van der Waals surface area contributed by atoms with Crippen molar-refractivity contribution in [3.05, 3.63) is 35.4 Å². The van der Waals surface area contributed by atoms with E-state index in [1.54, 1.807) is 0 Å².